The molecule has 0 saturated heterocycles. The summed E-state index contributed by atoms with van der Waals surface area (Å²) in [6.07, 6.45) is 5.92. The van der Waals surface area contributed by atoms with Gasteiger partial charge in [-0.25, -0.2) is 0 Å². The summed E-state index contributed by atoms with van der Waals surface area (Å²) in [5.41, 5.74) is 4.22. The first-order valence-electron chi connectivity index (χ1n) is 11.8. The number of aromatic amines is 1. The van der Waals surface area contributed by atoms with Crippen molar-refractivity contribution in [3.8, 4) is 0 Å². The normalized spacial score (nSPS) is 14.8. The summed E-state index contributed by atoms with van der Waals surface area (Å²) < 4.78 is 0. The van der Waals surface area contributed by atoms with Gasteiger partial charge in [0.1, 0.15) is 0 Å². The third-order valence-corrected chi connectivity index (χ3v) is 8.92. The van der Waals surface area contributed by atoms with Crippen LogP contribution in [0.5, 0.6) is 0 Å². The van der Waals surface area contributed by atoms with Crippen molar-refractivity contribution >= 4 is 62.9 Å². The van der Waals surface area contributed by atoms with Gasteiger partial charge in [0, 0.05) is 32.9 Å². The fourth-order valence-electron chi connectivity index (χ4n) is 4.84. The van der Waals surface area contributed by atoms with Gasteiger partial charge in [-0.15, -0.1) is 11.3 Å². The average molecular weight is 546 g/mol. The zero-order valence-electron chi connectivity index (χ0n) is 19.8. The number of carbonyl (C=O) groups excluding carboxylic acids is 1. The Labute approximate surface area is 225 Å². The van der Waals surface area contributed by atoms with Crippen LogP contribution in [0.1, 0.15) is 51.5 Å². The van der Waals surface area contributed by atoms with Gasteiger partial charge in [-0.05, 0) is 78.6 Å². The lowest BCUT2D eigenvalue weighted by Crippen LogP contribution is -2.32. The highest BCUT2D eigenvalue weighted by atomic mass is 35.5. The lowest BCUT2D eigenvalue weighted by atomic mass is 9.78. The summed E-state index contributed by atoms with van der Waals surface area (Å²) in [7, 11) is 0. The predicted octanol–water partition coefficient (Wildman–Crippen LogP) is 8.59. The molecule has 7 heteroatoms. The van der Waals surface area contributed by atoms with Crippen LogP contribution in [0.3, 0.4) is 0 Å². The molecule has 0 fully saturated rings. The molecule has 0 aliphatic heterocycles. The van der Waals surface area contributed by atoms with Crippen molar-refractivity contribution in [1.29, 1.82) is 0 Å². The second-order valence-electron chi connectivity index (χ2n) is 10.1. The maximum atomic E-state index is 13.9. The first-order chi connectivity index (χ1) is 16.7. The molecular weight excluding hydrogens is 519 g/mol. The minimum atomic E-state index is -0.0355. The standard InChI is InChI=1S/C28H27Cl3N2OS/c1-28(2)8-5-18-13-21(35-25(18)15-28)16-33(10-7-17-3-4-23(30)24(31)11-17)27(34)22-14-20(29)12-19-6-9-32-26(19)22/h3-4,6,9,11-14,32H,5,7-8,10,15-16H2,1-2H3. The average Bonchev–Trinajstić information content (AvgIpc) is 3.43. The summed E-state index contributed by atoms with van der Waals surface area (Å²) in [6.45, 7) is 5.79. The first kappa shape index (κ1) is 24.7. The van der Waals surface area contributed by atoms with Gasteiger partial charge in [-0.1, -0.05) is 54.7 Å². The van der Waals surface area contributed by atoms with E-state index in [0.29, 0.717) is 45.6 Å². The van der Waals surface area contributed by atoms with Crippen LogP contribution >= 0.6 is 46.1 Å². The van der Waals surface area contributed by atoms with Gasteiger partial charge in [0.2, 0.25) is 0 Å². The zero-order valence-corrected chi connectivity index (χ0v) is 22.8. The van der Waals surface area contributed by atoms with Gasteiger partial charge < -0.3 is 9.88 Å². The van der Waals surface area contributed by atoms with Gasteiger partial charge >= 0.3 is 0 Å². The first-order valence-corrected chi connectivity index (χ1v) is 13.7. The molecule has 0 bridgehead atoms. The second-order valence-corrected chi connectivity index (χ2v) is 12.6. The summed E-state index contributed by atoms with van der Waals surface area (Å²) in [6, 6.07) is 13.5. The van der Waals surface area contributed by atoms with Crippen LogP contribution in [0.15, 0.2) is 48.7 Å². The highest BCUT2D eigenvalue weighted by molar-refractivity contribution is 7.12. The Morgan fingerprint density at radius 1 is 1.09 bits per heavy atom. The molecule has 0 unspecified atom stereocenters. The van der Waals surface area contributed by atoms with Gasteiger partial charge in [0.15, 0.2) is 0 Å². The Hall–Kier alpha value is -1.98. The number of halogens is 3. The topological polar surface area (TPSA) is 36.1 Å². The Morgan fingerprint density at radius 2 is 1.91 bits per heavy atom. The molecule has 0 radical (unpaired) electrons. The van der Waals surface area contributed by atoms with Crippen LogP contribution in [0.2, 0.25) is 15.1 Å². The maximum absolute atomic E-state index is 13.9. The lowest BCUT2D eigenvalue weighted by Gasteiger charge is -2.28. The number of H-pyrrole nitrogens is 1. The van der Waals surface area contributed by atoms with Crippen molar-refractivity contribution in [2.75, 3.05) is 6.54 Å². The molecule has 2 aromatic carbocycles. The highest BCUT2D eigenvalue weighted by Crippen LogP contribution is 2.39. The highest BCUT2D eigenvalue weighted by Gasteiger charge is 2.28. The van der Waals surface area contributed by atoms with E-state index in [2.05, 4.69) is 24.9 Å². The number of benzene rings is 2. The van der Waals surface area contributed by atoms with E-state index >= 15 is 0 Å². The van der Waals surface area contributed by atoms with E-state index in [4.69, 9.17) is 34.8 Å². The molecule has 5 rings (SSSR count). The van der Waals surface area contributed by atoms with Crippen LogP contribution in [-0.2, 0) is 25.8 Å². The molecule has 0 spiro atoms. The molecule has 1 aliphatic carbocycles. The summed E-state index contributed by atoms with van der Waals surface area (Å²) in [4.78, 5) is 21.7. The molecule has 0 atom stereocenters. The third-order valence-electron chi connectivity index (χ3n) is 6.80. The van der Waals surface area contributed by atoms with E-state index in [0.717, 1.165) is 29.3 Å². The number of nitrogens with zero attached hydrogens (tertiary/aromatic N) is 1. The summed E-state index contributed by atoms with van der Waals surface area (Å²) in [5.74, 6) is -0.0355. The second kappa shape index (κ2) is 9.82. The number of aromatic nitrogens is 1. The molecule has 182 valence electrons. The van der Waals surface area contributed by atoms with Crippen LogP contribution in [0.4, 0.5) is 0 Å². The zero-order chi connectivity index (χ0) is 24.7. The number of thiophene rings is 1. The number of carbonyl (C=O) groups is 1. The van der Waals surface area contributed by atoms with Crippen molar-refractivity contribution in [1.82, 2.24) is 9.88 Å². The maximum Gasteiger partial charge on any atom is 0.256 e. The SMILES string of the molecule is CC1(C)CCc2cc(CN(CCc3ccc(Cl)c(Cl)c3)C(=O)c3cc(Cl)cc4cc[nH]c34)sc2C1. The molecular formula is C28H27Cl3N2OS. The molecule has 2 heterocycles. The Bertz CT molecular complexity index is 1400. The monoisotopic (exact) mass is 544 g/mol. The van der Waals surface area contributed by atoms with Crippen molar-refractivity contribution in [3.63, 3.8) is 0 Å². The van der Waals surface area contributed by atoms with E-state index in [1.165, 1.54) is 21.7 Å². The van der Waals surface area contributed by atoms with Crippen molar-refractivity contribution in [2.45, 2.75) is 46.1 Å². The number of aryl methyl sites for hydroxylation is 1. The summed E-state index contributed by atoms with van der Waals surface area (Å²) >= 11 is 20.6. The number of hydrogen-bond acceptors (Lipinski definition) is 2. The fraction of sp³-hybridized carbons (Fsp3) is 0.321. The van der Waals surface area contributed by atoms with Gasteiger partial charge in [0.25, 0.3) is 5.91 Å². The smallest absolute Gasteiger partial charge is 0.256 e. The Balaban J connectivity index is 1.45. The predicted molar refractivity (Wildman–Crippen MR) is 148 cm³/mol. The molecule has 3 nitrogen and oxygen atoms in total. The molecule has 1 amide bonds. The number of hydrogen-bond donors (Lipinski definition) is 1. The molecule has 2 aromatic heterocycles. The third kappa shape index (κ3) is 5.41. The van der Waals surface area contributed by atoms with Crippen molar-refractivity contribution in [2.24, 2.45) is 5.41 Å². The van der Waals surface area contributed by atoms with Gasteiger partial charge in [-0.3, -0.25) is 4.79 Å². The molecule has 1 aliphatic rings. The van der Waals surface area contributed by atoms with E-state index in [1.807, 2.05) is 46.7 Å². The largest absolute Gasteiger partial charge is 0.361 e. The van der Waals surface area contributed by atoms with E-state index in [-0.39, 0.29) is 5.91 Å². The van der Waals surface area contributed by atoms with Crippen molar-refractivity contribution in [3.05, 3.63) is 90.2 Å². The number of nitrogens with one attached hydrogen (secondary N) is 1. The Morgan fingerprint density at radius 3 is 2.71 bits per heavy atom. The lowest BCUT2D eigenvalue weighted by molar-refractivity contribution is 0.0748. The van der Waals surface area contributed by atoms with E-state index < -0.39 is 0 Å². The fourth-order valence-corrected chi connectivity index (χ4v) is 6.88. The van der Waals surface area contributed by atoms with Gasteiger partial charge in [0.05, 0.1) is 27.7 Å². The molecule has 35 heavy (non-hydrogen) atoms. The van der Waals surface area contributed by atoms with E-state index in [9.17, 15) is 4.79 Å². The summed E-state index contributed by atoms with van der Waals surface area (Å²) in [5, 5.41) is 2.54. The number of amides is 1. The minimum Gasteiger partial charge on any atom is -0.361 e. The molecule has 0 saturated carbocycles. The van der Waals surface area contributed by atoms with Crippen LogP contribution in [-0.4, -0.2) is 22.3 Å². The number of rotatable bonds is 6. The quantitative estimate of drug-likeness (QED) is 0.259. The number of fused-ring (bicyclic) bond motifs is 2. The Kier molecular flexibility index (Phi) is 6.93. The molecule has 4 aromatic rings. The van der Waals surface area contributed by atoms with Crippen molar-refractivity contribution < 1.29 is 4.79 Å². The minimum absolute atomic E-state index is 0.0355. The van der Waals surface area contributed by atoms with Crippen LogP contribution in [0.25, 0.3) is 10.9 Å². The van der Waals surface area contributed by atoms with Gasteiger partial charge in [-0.2, -0.15) is 0 Å². The molecule has 1 N–H and O–H groups in total. The van der Waals surface area contributed by atoms with Crippen LogP contribution in [0, 0.1) is 5.41 Å². The van der Waals surface area contributed by atoms with Crippen LogP contribution < -0.4 is 0 Å². The van der Waals surface area contributed by atoms with E-state index in [1.54, 1.807) is 12.1 Å².